The first-order valence-electron chi connectivity index (χ1n) is 7.15. The number of nitro benzene ring substituents is 2. The number of nitriles is 1. The van der Waals surface area contributed by atoms with Gasteiger partial charge in [0.25, 0.3) is 11.4 Å². The maximum Gasteiger partial charge on any atom is 0.281 e. The molecule has 0 N–H and O–H groups in total. The van der Waals surface area contributed by atoms with Gasteiger partial charge in [0, 0.05) is 32.2 Å². The van der Waals surface area contributed by atoms with E-state index in [0.29, 0.717) is 26.2 Å². The molecule has 1 heterocycles. The number of rotatable bonds is 4. The van der Waals surface area contributed by atoms with Crippen LogP contribution in [-0.2, 0) is 4.79 Å². The molecular formula is C14H15N5O5. The Bertz CT molecular complexity index is 721. The molecule has 1 saturated heterocycles. The molecule has 0 bridgehead atoms. The number of nitrogens with zero attached hydrogens (tertiary/aromatic N) is 5. The van der Waals surface area contributed by atoms with Gasteiger partial charge in [-0.3, -0.25) is 25.0 Å². The summed E-state index contributed by atoms with van der Waals surface area (Å²) in [6, 6.07) is 4.73. The van der Waals surface area contributed by atoms with Crippen LogP contribution in [0.15, 0.2) is 18.2 Å². The van der Waals surface area contributed by atoms with Crippen molar-refractivity contribution in [2.75, 3.05) is 33.2 Å². The molecule has 1 aliphatic rings. The molecule has 1 aromatic rings. The highest BCUT2D eigenvalue weighted by Crippen LogP contribution is 2.31. The van der Waals surface area contributed by atoms with Crippen molar-refractivity contribution >= 4 is 17.3 Å². The van der Waals surface area contributed by atoms with Gasteiger partial charge in [-0.1, -0.05) is 0 Å². The van der Waals surface area contributed by atoms with E-state index in [2.05, 4.69) is 0 Å². The number of carbonyl (C=O) groups is 1. The Labute approximate surface area is 137 Å². The van der Waals surface area contributed by atoms with E-state index in [-0.39, 0.29) is 5.56 Å². The van der Waals surface area contributed by atoms with E-state index in [4.69, 9.17) is 0 Å². The molecule has 0 spiro atoms. The third-order valence-corrected chi connectivity index (χ3v) is 3.92. The molecule has 10 nitrogen and oxygen atoms in total. The van der Waals surface area contributed by atoms with Crippen LogP contribution in [0.25, 0.3) is 0 Å². The number of hydrogen-bond acceptors (Lipinski definition) is 7. The Kier molecular flexibility index (Phi) is 5.05. The number of hydrogen-bond donors (Lipinski definition) is 0. The van der Waals surface area contributed by atoms with Gasteiger partial charge in [-0.25, -0.2) is 0 Å². The van der Waals surface area contributed by atoms with Crippen LogP contribution in [0.2, 0.25) is 0 Å². The summed E-state index contributed by atoms with van der Waals surface area (Å²) in [5.74, 6) is -1.89. The average molecular weight is 333 g/mol. The standard InChI is InChI=1S/C14H15N5O5/c1-16-4-6-17(7-5-16)14(20)12(9-15)11-3-2-10(18(21)22)8-13(11)19(23)24/h2-3,8,12H,4-7H2,1H3. The predicted octanol–water partition coefficient (Wildman–Crippen LogP) is 0.884. The van der Waals surface area contributed by atoms with E-state index >= 15 is 0 Å². The smallest absolute Gasteiger partial charge is 0.281 e. The van der Waals surface area contributed by atoms with Gasteiger partial charge in [-0.15, -0.1) is 0 Å². The van der Waals surface area contributed by atoms with Gasteiger partial charge in [0.15, 0.2) is 5.92 Å². The Morgan fingerprint density at radius 1 is 1.21 bits per heavy atom. The average Bonchev–Trinajstić information content (AvgIpc) is 2.55. The number of carbonyl (C=O) groups excluding carboxylic acids is 1. The molecule has 0 saturated carbocycles. The highest BCUT2D eigenvalue weighted by Gasteiger charge is 2.33. The van der Waals surface area contributed by atoms with Crippen LogP contribution < -0.4 is 0 Å². The number of non-ortho nitro benzene ring substituents is 1. The molecule has 1 aliphatic heterocycles. The molecule has 24 heavy (non-hydrogen) atoms. The zero-order chi connectivity index (χ0) is 17.9. The molecule has 1 amide bonds. The lowest BCUT2D eigenvalue weighted by molar-refractivity contribution is -0.394. The highest BCUT2D eigenvalue weighted by molar-refractivity contribution is 5.88. The van der Waals surface area contributed by atoms with Gasteiger partial charge in [0.1, 0.15) is 0 Å². The van der Waals surface area contributed by atoms with Crippen LogP contribution in [0.5, 0.6) is 0 Å². The minimum absolute atomic E-state index is 0.128. The van der Waals surface area contributed by atoms with E-state index in [0.717, 1.165) is 18.2 Å². The van der Waals surface area contributed by atoms with Crippen LogP contribution in [-0.4, -0.2) is 58.8 Å². The van der Waals surface area contributed by atoms with E-state index in [1.54, 1.807) is 6.07 Å². The topological polar surface area (TPSA) is 134 Å². The second-order valence-corrected chi connectivity index (χ2v) is 5.45. The number of amides is 1. The van der Waals surface area contributed by atoms with Crippen molar-refractivity contribution in [2.45, 2.75) is 5.92 Å². The van der Waals surface area contributed by atoms with Gasteiger partial charge in [0.2, 0.25) is 5.91 Å². The summed E-state index contributed by atoms with van der Waals surface area (Å²) in [4.78, 5) is 36.5. The SMILES string of the molecule is CN1CCN(C(=O)C(C#N)c2ccc([N+](=O)[O-])cc2[N+](=O)[O-])CC1. The molecule has 1 unspecified atom stereocenters. The fraction of sp³-hybridized carbons (Fsp3) is 0.429. The lowest BCUT2D eigenvalue weighted by atomic mass is 9.96. The number of benzene rings is 1. The number of piperazine rings is 1. The van der Waals surface area contributed by atoms with Gasteiger partial charge < -0.3 is 9.80 Å². The van der Waals surface area contributed by atoms with Crippen LogP contribution in [0.1, 0.15) is 11.5 Å². The van der Waals surface area contributed by atoms with E-state index < -0.39 is 33.0 Å². The van der Waals surface area contributed by atoms with Crippen molar-refractivity contribution in [1.82, 2.24) is 9.80 Å². The van der Waals surface area contributed by atoms with Crippen LogP contribution in [0.3, 0.4) is 0 Å². The molecule has 2 rings (SSSR count). The quantitative estimate of drug-likeness (QED) is 0.589. The van der Waals surface area contributed by atoms with Crippen molar-refractivity contribution in [1.29, 1.82) is 5.26 Å². The molecular weight excluding hydrogens is 318 g/mol. The normalized spacial score (nSPS) is 16.2. The molecule has 126 valence electrons. The van der Waals surface area contributed by atoms with Crippen molar-refractivity contribution < 1.29 is 14.6 Å². The van der Waals surface area contributed by atoms with Crippen LogP contribution >= 0.6 is 0 Å². The molecule has 0 radical (unpaired) electrons. The molecule has 10 heteroatoms. The summed E-state index contributed by atoms with van der Waals surface area (Å²) in [7, 11) is 1.91. The highest BCUT2D eigenvalue weighted by atomic mass is 16.6. The van der Waals surface area contributed by atoms with E-state index in [9.17, 15) is 30.3 Å². The summed E-state index contributed by atoms with van der Waals surface area (Å²) < 4.78 is 0. The Balaban J connectivity index is 2.36. The second-order valence-electron chi connectivity index (χ2n) is 5.45. The molecule has 1 aromatic carbocycles. The fourth-order valence-electron chi connectivity index (χ4n) is 2.52. The molecule has 0 aromatic heterocycles. The summed E-state index contributed by atoms with van der Waals surface area (Å²) in [5, 5.41) is 31.3. The van der Waals surface area contributed by atoms with E-state index in [1.807, 2.05) is 11.9 Å². The Hall–Kier alpha value is -3.06. The van der Waals surface area contributed by atoms with Gasteiger partial charge in [-0.2, -0.15) is 5.26 Å². The summed E-state index contributed by atoms with van der Waals surface area (Å²) >= 11 is 0. The minimum atomic E-state index is -1.37. The number of likely N-dealkylation sites (N-methyl/N-ethyl adjacent to an activating group) is 1. The third-order valence-electron chi connectivity index (χ3n) is 3.92. The van der Waals surface area contributed by atoms with Crippen molar-refractivity contribution in [2.24, 2.45) is 0 Å². The summed E-state index contributed by atoms with van der Waals surface area (Å²) in [6.07, 6.45) is 0. The molecule has 1 atom stereocenters. The fourth-order valence-corrected chi connectivity index (χ4v) is 2.52. The van der Waals surface area contributed by atoms with Crippen LogP contribution in [0.4, 0.5) is 11.4 Å². The van der Waals surface area contributed by atoms with Crippen LogP contribution in [0, 0.1) is 31.6 Å². The lowest BCUT2D eigenvalue weighted by Crippen LogP contribution is -2.48. The largest absolute Gasteiger partial charge is 0.339 e. The summed E-state index contributed by atoms with van der Waals surface area (Å²) in [5.41, 5.74) is -1.19. The zero-order valence-electron chi connectivity index (χ0n) is 12.9. The first-order chi connectivity index (χ1) is 11.3. The lowest BCUT2D eigenvalue weighted by Gasteiger charge is -2.33. The maximum atomic E-state index is 12.6. The molecule has 0 aliphatic carbocycles. The monoisotopic (exact) mass is 333 g/mol. The first kappa shape index (κ1) is 17.3. The second kappa shape index (κ2) is 7.01. The number of nitro groups is 2. The van der Waals surface area contributed by atoms with Gasteiger partial charge in [0.05, 0.1) is 27.5 Å². The molecule has 1 fully saturated rings. The minimum Gasteiger partial charge on any atom is -0.339 e. The van der Waals surface area contributed by atoms with Crippen molar-refractivity contribution in [3.63, 3.8) is 0 Å². The van der Waals surface area contributed by atoms with Crippen molar-refractivity contribution in [3.05, 3.63) is 44.0 Å². The Morgan fingerprint density at radius 2 is 1.83 bits per heavy atom. The summed E-state index contributed by atoms with van der Waals surface area (Å²) in [6.45, 7) is 2.14. The van der Waals surface area contributed by atoms with Gasteiger partial charge in [-0.05, 0) is 13.1 Å². The predicted molar refractivity (Wildman–Crippen MR) is 82.2 cm³/mol. The Morgan fingerprint density at radius 3 is 2.33 bits per heavy atom. The third kappa shape index (κ3) is 3.47. The van der Waals surface area contributed by atoms with E-state index in [1.165, 1.54) is 4.90 Å². The van der Waals surface area contributed by atoms with Crippen molar-refractivity contribution in [3.8, 4) is 6.07 Å². The van der Waals surface area contributed by atoms with Gasteiger partial charge >= 0.3 is 0 Å². The first-order valence-corrected chi connectivity index (χ1v) is 7.15. The maximum absolute atomic E-state index is 12.6. The zero-order valence-corrected chi connectivity index (χ0v) is 12.9.